The molecule has 2 aliphatic rings. The number of cyclic esters (lactones) is 1. The van der Waals surface area contributed by atoms with Crippen LogP contribution in [0.3, 0.4) is 0 Å². The number of ether oxygens (including phenoxy) is 1. The van der Waals surface area contributed by atoms with Gasteiger partial charge in [0.1, 0.15) is 5.60 Å². The van der Waals surface area contributed by atoms with Crippen molar-refractivity contribution in [1.29, 1.82) is 0 Å². The molecule has 7 nitrogen and oxygen atoms in total. The molecule has 4 aromatic rings. The Kier molecular flexibility index (Phi) is 5.28. The first kappa shape index (κ1) is 21.8. The molecule has 0 N–H and O–H groups in total. The van der Waals surface area contributed by atoms with Gasteiger partial charge in [-0.2, -0.15) is 0 Å². The van der Waals surface area contributed by atoms with Crippen LogP contribution in [-0.2, 0) is 4.74 Å². The topological polar surface area (TPSA) is 73.1 Å². The second-order valence-electron chi connectivity index (χ2n) is 10.1. The number of amides is 1. The van der Waals surface area contributed by atoms with Crippen LogP contribution in [0.2, 0.25) is 0 Å². The normalized spacial score (nSPS) is 24.0. The highest BCUT2D eigenvalue weighted by Crippen LogP contribution is 2.46. The van der Waals surface area contributed by atoms with Gasteiger partial charge in [-0.1, -0.05) is 30.3 Å². The summed E-state index contributed by atoms with van der Waals surface area (Å²) in [6.45, 7) is 4.03. The fourth-order valence-electron chi connectivity index (χ4n) is 5.86. The number of pyridine rings is 1. The first-order chi connectivity index (χ1) is 17.0. The minimum atomic E-state index is -0.560. The van der Waals surface area contributed by atoms with E-state index >= 15 is 0 Å². The summed E-state index contributed by atoms with van der Waals surface area (Å²) in [5.41, 5.74) is 3.75. The van der Waals surface area contributed by atoms with Crippen LogP contribution in [0.5, 0.6) is 0 Å². The summed E-state index contributed by atoms with van der Waals surface area (Å²) in [4.78, 5) is 28.5. The van der Waals surface area contributed by atoms with Crippen LogP contribution in [0.1, 0.15) is 62.6 Å². The predicted molar refractivity (Wildman–Crippen MR) is 133 cm³/mol. The number of benzene rings is 1. The minimum Gasteiger partial charge on any atom is -0.441 e. The number of hydrogen-bond donors (Lipinski definition) is 0. The van der Waals surface area contributed by atoms with Crippen molar-refractivity contribution in [3.63, 3.8) is 0 Å². The number of aromatic nitrogens is 4. The minimum absolute atomic E-state index is 0.0788. The van der Waals surface area contributed by atoms with Gasteiger partial charge in [0.2, 0.25) is 5.95 Å². The Labute approximate surface area is 204 Å². The molecular weight excluding hydrogens is 438 g/mol. The number of rotatable bonds is 4. The zero-order chi connectivity index (χ0) is 24.0. The van der Waals surface area contributed by atoms with Crippen LogP contribution < -0.4 is 0 Å². The second-order valence-corrected chi connectivity index (χ2v) is 10.1. The summed E-state index contributed by atoms with van der Waals surface area (Å²) in [6, 6.07) is 16.4. The first-order valence-electron chi connectivity index (χ1n) is 12.3. The average molecular weight is 468 g/mol. The summed E-state index contributed by atoms with van der Waals surface area (Å²) in [5.74, 6) is 1.05. The molecule has 1 saturated carbocycles. The van der Waals surface area contributed by atoms with Gasteiger partial charge >= 0.3 is 6.09 Å². The van der Waals surface area contributed by atoms with Crippen LogP contribution in [0.15, 0.2) is 73.3 Å². The molecule has 7 heteroatoms. The van der Waals surface area contributed by atoms with Crippen molar-refractivity contribution in [3.8, 4) is 5.95 Å². The molecule has 0 bridgehead atoms. The van der Waals surface area contributed by atoms with Crippen molar-refractivity contribution in [2.45, 2.75) is 63.1 Å². The highest BCUT2D eigenvalue weighted by Gasteiger charge is 2.51. The average Bonchev–Trinajstić information content (AvgIpc) is 3.41. The summed E-state index contributed by atoms with van der Waals surface area (Å²) in [7, 11) is 0. The van der Waals surface area contributed by atoms with Crippen molar-refractivity contribution < 1.29 is 9.53 Å². The van der Waals surface area contributed by atoms with Gasteiger partial charge in [-0.05, 0) is 74.8 Å². The summed E-state index contributed by atoms with van der Waals surface area (Å²) in [6.07, 6.45) is 11.2. The molecule has 1 aromatic carbocycles. The van der Waals surface area contributed by atoms with E-state index in [0.29, 0.717) is 11.9 Å². The number of carbonyl (C=O) groups excluding carboxylic acids is 1. The quantitative estimate of drug-likeness (QED) is 0.378. The fraction of sp³-hybridized carbons (Fsp3) is 0.357. The van der Waals surface area contributed by atoms with Gasteiger partial charge in [0.25, 0.3) is 0 Å². The Morgan fingerprint density at radius 2 is 1.66 bits per heavy atom. The first-order valence-corrected chi connectivity index (χ1v) is 12.3. The Balaban J connectivity index is 1.23. The SMILES string of the molecule is CC1(C)OC(=O)N([C@H]2CC[C@@H](c3cnc4ccn(-c5ncccn5)c4c3)CC2)[C@H]1c1ccccc1. The monoisotopic (exact) mass is 467 g/mol. The van der Waals surface area contributed by atoms with Gasteiger partial charge in [0.05, 0.1) is 17.1 Å². The maximum absolute atomic E-state index is 13.0. The third kappa shape index (κ3) is 3.85. The van der Waals surface area contributed by atoms with E-state index in [1.807, 2.05) is 66.0 Å². The molecule has 1 aliphatic carbocycles. The molecule has 0 spiro atoms. The Hall–Kier alpha value is -3.74. The number of fused-ring (bicyclic) bond motifs is 1. The lowest BCUT2D eigenvalue weighted by molar-refractivity contribution is 0.0664. The van der Waals surface area contributed by atoms with E-state index in [1.54, 1.807) is 12.4 Å². The van der Waals surface area contributed by atoms with Crippen molar-refractivity contribution in [1.82, 2.24) is 24.4 Å². The number of carbonyl (C=O) groups is 1. The second kappa shape index (κ2) is 8.48. The van der Waals surface area contributed by atoms with Crippen LogP contribution in [-0.4, -0.2) is 42.2 Å². The van der Waals surface area contributed by atoms with Crippen LogP contribution in [0, 0.1) is 0 Å². The molecular formula is C28H29N5O2. The van der Waals surface area contributed by atoms with Crippen molar-refractivity contribution >= 4 is 17.1 Å². The van der Waals surface area contributed by atoms with Crippen LogP contribution >= 0.6 is 0 Å². The van der Waals surface area contributed by atoms with Gasteiger partial charge in [0, 0.05) is 30.8 Å². The Morgan fingerprint density at radius 1 is 0.914 bits per heavy atom. The summed E-state index contributed by atoms with van der Waals surface area (Å²) < 4.78 is 7.84. The molecule has 0 radical (unpaired) electrons. The standard InChI is InChI=1S/C28H29N5O2/c1-28(2)25(20-7-4-3-5-8-20)33(27(34)35-28)22-11-9-19(10-12-22)21-17-24-23(31-18-21)13-16-32(24)26-29-14-6-15-30-26/h3-8,13-19,22,25H,9-12H2,1-2H3/t19-,22+,25-/m0/s1. The van der Waals surface area contributed by atoms with Gasteiger partial charge in [0.15, 0.2) is 0 Å². The molecule has 3 aromatic heterocycles. The molecule has 178 valence electrons. The van der Waals surface area contributed by atoms with E-state index in [0.717, 1.165) is 42.3 Å². The lowest BCUT2D eigenvalue weighted by Gasteiger charge is -2.38. The molecule has 2 fully saturated rings. The molecule has 0 unspecified atom stereocenters. The zero-order valence-corrected chi connectivity index (χ0v) is 20.0. The van der Waals surface area contributed by atoms with Gasteiger partial charge < -0.3 is 4.74 Å². The van der Waals surface area contributed by atoms with Crippen molar-refractivity contribution in [2.24, 2.45) is 0 Å². The molecule has 1 saturated heterocycles. The third-order valence-electron chi connectivity index (χ3n) is 7.50. The van der Waals surface area contributed by atoms with E-state index in [1.165, 1.54) is 5.56 Å². The summed E-state index contributed by atoms with van der Waals surface area (Å²) in [5, 5.41) is 0. The lowest BCUT2D eigenvalue weighted by Crippen LogP contribution is -2.42. The Bertz CT molecular complexity index is 1340. The highest BCUT2D eigenvalue weighted by molar-refractivity contribution is 5.78. The van der Waals surface area contributed by atoms with E-state index < -0.39 is 5.60 Å². The molecule has 4 heterocycles. The maximum Gasteiger partial charge on any atom is 0.411 e. The van der Waals surface area contributed by atoms with E-state index in [2.05, 4.69) is 28.2 Å². The van der Waals surface area contributed by atoms with Crippen molar-refractivity contribution in [3.05, 3.63) is 84.4 Å². The highest BCUT2D eigenvalue weighted by atomic mass is 16.6. The van der Waals surface area contributed by atoms with Crippen molar-refractivity contribution in [2.75, 3.05) is 0 Å². The van der Waals surface area contributed by atoms with Crippen LogP contribution in [0.4, 0.5) is 4.79 Å². The molecule has 1 amide bonds. The van der Waals surface area contributed by atoms with Gasteiger partial charge in [-0.3, -0.25) is 14.5 Å². The molecule has 6 rings (SSSR count). The molecule has 1 aliphatic heterocycles. The van der Waals surface area contributed by atoms with Gasteiger partial charge in [-0.25, -0.2) is 14.8 Å². The van der Waals surface area contributed by atoms with Gasteiger partial charge in [-0.15, -0.1) is 0 Å². The zero-order valence-electron chi connectivity index (χ0n) is 20.0. The number of nitrogens with zero attached hydrogens (tertiary/aromatic N) is 5. The summed E-state index contributed by atoms with van der Waals surface area (Å²) >= 11 is 0. The smallest absolute Gasteiger partial charge is 0.411 e. The van der Waals surface area contributed by atoms with E-state index in [4.69, 9.17) is 9.72 Å². The fourth-order valence-corrected chi connectivity index (χ4v) is 5.86. The van der Waals surface area contributed by atoms with E-state index in [-0.39, 0.29) is 18.2 Å². The number of hydrogen-bond acceptors (Lipinski definition) is 5. The van der Waals surface area contributed by atoms with Crippen LogP contribution in [0.25, 0.3) is 17.0 Å². The Morgan fingerprint density at radius 3 is 2.40 bits per heavy atom. The molecule has 1 atom stereocenters. The molecule has 35 heavy (non-hydrogen) atoms. The predicted octanol–water partition coefficient (Wildman–Crippen LogP) is 5.81. The maximum atomic E-state index is 13.0. The lowest BCUT2D eigenvalue weighted by atomic mass is 9.80. The third-order valence-corrected chi connectivity index (χ3v) is 7.50. The van der Waals surface area contributed by atoms with E-state index in [9.17, 15) is 4.79 Å². The largest absolute Gasteiger partial charge is 0.441 e.